The fourth-order valence-electron chi connectivity index (χ4n) is 4.18. The maximum atomic E-state index is 12.8. The van der Waals surface area contributed by atoms with E-state index in [4.69, 9.17) is 0 Å². The van der Waals surface area contributed by atoms with E-state index in [0.717, 1.165) is 25.7 Å². The lowest BCUT2D eigenvalue weighted by molar-refractivity contribution is -0.151. The lowest BCUT2D eigenvalue weighted by atomic mass is 10.1. The maximum Gasteiger partial charge on any atom is 0.326 e. The quantitative estimate of drug-likeness (QED) is 0.602. The van der Waals surface area contributed by atoms with Crippen LogP contribution in [-0.4, -0.2) is 57.9 Å². The summed E-state index contributed by atoms with van der Waals surface area (Å²) in [7, 11) is 0. The van der Waals surface area contributed by atoms with Crippen molar-refractivity contribution in [2.45, 2.75) is 96.1 Å². The van der Waals surface area contributed by atoms with Crippen molar-refractivity contribution in [3.05, 3.63) is 0 Å². The summed E-state index contributed by atoms with van der Waals surface area (Å²) in [5, 5.41) is 9.30. The van der Waals surface area contributed by atoms with Gasteiger partial charge in [-0.15, -0.1) is 0 Å². The number of aliphatic carboxylic acids is 1. The van der Waals surface area contributed by atoms with E-state index in [1.807, 2.05) is 0 Å². The smallest absolute Gasteiger partial charge is 0.326 e. The molecule has 0 aromatic heterocycles. The number of carbonyl (C=O) groups is 3. The van der Waals surface area contributed by atoms with Crippen molar-refractivity contribution < 1.29 is 19.5 Å². The van der Waals surface area contributed by atoms with Crippen LogP contribution in [0.3, 0.4) is 0 Å². The molecule has 6 nitrogen and oxygen atoms in total. The second kappa shape index (κ2) is 10.5. The van der Waals surface area contributed by atoms with Gasteiger partial charge in [-0.05, 0) is 32.1 Å². The Hall–Kier alpha value is -1.59. The minimum atomic E-state index is -0.935. The molecule has 26 heavy (non-hydrogen) atoms. The summed E-state index contributed by atoms with van der Waals surface area (Å²) in [5.74, 6) is -1.05. The van der Waals surface area contributed by atoms with Crippen LogP contribution in [0, 0.1) is 0 Å². The van der Waals surface area contributed by atoms with Gasteiger partial charge in [0.25, 0.3) is 0 Å². The van der Waals surface area contributed by atoms with Gasteiger partial charge in [-0.25, -0.2) is 4.79 Å². The zero-order valence-electron chi connectivity index (χ0n) is 16.1. The van der Waals surface area contributed by atoms with E-state index in [1.54, 1.807) is 4.90 Å². The fraction of sp³-hybridized carbons (Fsp3) is 0.850. The summed E-state index contributed by atoms with van der Waals surface area (Å²) in [6.45, 7) is 3.32. The summed E-state index contributed by atoms with van der Waals surface area (Å²) in [4.78, 5) is 39.9. The summed E-state index contributed by atoms with van der Waals surface area (Å²) >= 11 is 0. The molecule has 2 aliphatic heterocycles. The summed E-state index contributed by atoms with van der Waals surface area (Å²) in [6, 6.07) is -1.17. The molecule has 0 unspecified atom stereocenters. The third-order valence-electron chi connectivity index (χ3n) is 5.67. The monoisotopic (exact) mass is 366 g/mol. The van der Waals surface area contributed by atoms with Crippen LogP contribution in [0.2, 0.25) is 0 Å². The summed E-state index contributed by atoms with van der Waals surface area (Å²) in [6.07, 6.45) is 11.4. The predicted octanol–water partition coefficient (Wildman–Crippen LogP) is 3.19. The summed E-state index contributed by atoms with van der Waals surface area (Å²) in [5.41, 5.74) is 0. The summed E-state index contributed by atoms with van der Waals surface area (Å²) < 4.78 is 0. The number of carbonyl (C=O) groups excluding carboxylic acids is 2. The molecule has 2 aliphatic rings. The SMILES string of the molecule is CCCCCCCCCC(=O)N1CCC[C@H]1C(=O)N1CCC[C@H]1C(=O)O. The molecule has 0 bridgehead atoms. The number of hydrogen-bond acceptors (Lipinski definition) is 3. The topological polar surface area (TPSA) is 77.9 Å². The van der Waals surface area contributed by atoms with Crippen molar-refractivity contribution >= 4 is 17.8 Å². The average molecular weight is 367 g/mol. The number of unbranched alkanes of at least 4 members (excludes halogenated alkanes) is 6. The van der Waals surface area contributed by atoms with Crippen LogP contribution >= 0.6 is 0 Å². The lowest BCUT2D eigenvalue weighted by Crippen LogP contribution is -2.50. The number of carboxylic acids is 1. The van der Waals surface area contributed by atoms with E-state index in [-0.39, 0.29) is 11.8 Å². The van der Waals surface area contributed by atoms with Crippen molar-refractivity contribution in [2.75, 3.05) is 13.1 Å². The molecular formula is C20H34N2O4. The Morgan fingerprint density at radius 3 is 2.08 bits per heavy atom. The number of amides is 2. The maximum absolute atomic E-state index is 12.8. The molecule has 2 atom stereocenters. The number of carboxylic acid groups (broad SMARTS) is 1. The van der Waals surface area contributed by atoms with Crippen molar-refractivity contribution in [1.29, 1.82) is 0 Å². The van der Waals surface area contributed by atoms with Crippen LogP contribution < -0.4 is 0 Å². The Bertz CT molecular complexity index is 494. The molecule has 2 heterocycles. The molecule has 2 fully saturated rings. The van der Waals surface area contributed by atoms with Gasteiger partial charge in [-0.2, -0.15) is 0 Å². The van der Waals surface area contributed by atoms with Crippen LogP contribution in [0.1, 0.15) is 84.0 Å². The molecule has 2 saturated heterocycles. The Morgan fingerprint density at radius 1 is 0.846 bits per heavy atom. The van der Waals surface area contributed by atoms with E-state index in [0.29, 0.717) is 32.4 Å². The molecule has 0 aliphatic carbocycles. The van der Waals surface area contributed by atoms with Gasteiger partial charge in [0, 0.05) is 19.5 Å². The first-order valence-electron chi connectivity index (χ1n) is 10.4. The molecule has 0 aromatic carbocycles. The van der Waals surface area contributed by atoms with Gasteiger partial charge in [0.1, 0.15) is 12.1 Å². The van der Waals surface area contributed by atoms with Gasteiger partial charge >= 0.3 is 5.97 Å². The molecule has 0 aromatic rings. The van der Waals surface area contributed by atoms with Crippen LogP contribution in [0.5, 0.6) is 0 Å². The van der Waals surface area contributed by atoms with Crippen LogP contribution in [0.25, 0.3) is 0 Å². The van der Waals surface area contributed by atoms with Crippen molar-refractivity contribution in [3.8, 4) is 0 Å². The minimum Gasteiger partial charge on any atom is -0.480 e. The second-order valence-corrected chi connectivity index (χ2v) is 7.64. The first kappa shape index (κ1) is 20.7. The van der Waals surface area contributed by atoms with Gasteiger partial charge in [0.05, 0.1) is 0 Å². The largest absolute Gasteiger partial charge is 0.480 e. The van der Waals surface area contributed by atoms with Crippen molar-refractivity contribution in [3.63, 3.8) is 0 Å². The number of hydrogen-bond donors (Lipinski definition) is 1. The average Bonchev–Trinajstić information content (AvgIpc) is 3.29. The molecule has 6 heteroatoms. The predicted molar refractivity (Wildman–Crippen MR) is 99.7 cm³/mol. The highest BCUT2D eigenvalue weighted by Crippen LogP contribution is 2.26. The van der Waals surface area contributed by atoms with Crippen LogP contribution in [0.4, 0.5) is 0 Å². The Balaban J connectivity index is 1.78. The highest BCUT2D eigenvalue weighted by molar-refractivity contribution is 5.91. The third-order valence-corrected chi connectivity index (χ3v) is 5.67. The highest BCUT2D eigenvalue weighted by atomic mass is 16.4. The van der Waals surface area contributed by atoms with Gasteiger partial charge in [-0.3, -0.25) is 9.59 Å². The van der Waals surface area contributed by atoms with Crippen LogP contribution in [0.15, 0.2) is 0 Å². The van der Waals surface area contributed by atoms with Crippen molar-refractivity contribution in [2.24, 2.45) is 0 Å². The molecule has 148 valence electrons. The third kappa shape index (κ3) is 5.45. The lowest BCUT2D eigenvalue weighted by Gasteiger charge is -2.30. The Labute approximate surface area is 156 Å². The van der Waals surface area contributed by atoms with E-state index >= 15 is 0 Å². The zero-order chi connectivity index (χ0) is 18.9. The normalized spacial score (nSPS) is 22.8. The molecular weight excluding hydrogens is 332 g/mol. The highest BCUT2D eigenvalue weighted by Gasteiger charge is 2.41. The number of nitrogens with zero attached hydrogens (tertiary/aromatic N) is 2. The molecule has 0 saturated carbocycles. The van der Waals surface area contributed by atoms with E-state index in [9.17, 15) is 19.5 Å². The minimum absolute atomic E-state index is 0.0560. The molecule has 0 radical (unpaired) electrons. The Morgan fingerprint density at radius 2 is 1.42 bits per heavy atom. The van der Waals surface area contributed by atoms with Gasteiger partial charge in [0.2, 0.25) is 11.8 Å². The zero-order valence-corrected chi connectivity index (χ0v) is 16.1. The van der Waals surface area contributed by atoms with E-state index in [1.165, 1.54) is 37.0 Å². The molecule has 0 spiro atoms. The molecule has 2 amide bonds. The van der Waals surface area contributed by atoms with E-state index in [2.05, 4.69) is 6.92 Å². The van der Waals surface area contributed by atoms with Gasteiger partial charge < -0.3 is 14.9 Å². The first-order valence-corrected chi connectivity index (χ1v) is 10.4. The standard InChI is InChI=1S/C20H34N2O4/c1-2-3-4-5-6-7-8-13-18(23)21-14-9-11-16(21)19(24)22-15-10-12-17(22)20(25)26/h16-17H,2-15H2,1H3,(H,25,26)/t16-,17-/m0/s1. The van der Waals surface area contributed by atoms with E-state index < -0.39 is 18.1 Å². The van der Waals surface area contributed by atoms with Gasteiger partial charge in [-0.1, -0.05) is 45.4 Å². The molecule has 1 N–H and O–H groups in total. The number of likely N-dealkylation sites (tertiary alicyclic amines) is 2. The van der Waals surface area contributed by atoms with Crippen LogP contribution in [-0.2, 0) is 14.4 Å². The fourth-order valence-corrected chi connectivity index (χ4v) is 4.18. The second-order valence-electron chi connectivity index (χ2n) is 7.64. The Kier molecular flexibility index (Phi) is 8.39. The molecule has 2 rings (SSSR count). The number of rotatable bonds is 10. The first-order chi connectivity index (χ1) is 12.6. The van der Waals surface area contributed by atoms with Gasteiger partial charge in [0.15, 0.2) is 0 Å². The van der Waals surface area contributed by atoms with Crippen molar-refractivity contribution in [1.82, 2.24) is 9.80 Å².